The summed E-state index contributed by atoms with van der Waals surface area (Å²) in [5, 5.41) is 14.4. The molecule has 0 spiro atoms. The van der Waals surface area contributed by atoms with Gasteiger partial charge in [-0.25, -0.2) is 4.98 Å². The number of carboxylic acids is 1. The Morgan fingerprint density at radius 3 is 2.89 bits per heavy atom. The van der Waals surface area contributed by atoms with E-state index in [9.17, 15) is 9.59 Å². The van der Waals surface area contributed by atoms with Gasteiger partial charge in [0, 0.05) is 18.1 Å². The third-order valence-electron chi connectivity index (χ3n) is 3.96. The molecule has 1 aromatic heterocycles. The zero-order valence-corrected chi connectivity index (χ0v) is 15.8. The number of methoxy groups -OCH3 is 1. The Morgan fingerprint density at radius 1 is 1.37 bits per heavy atom. The molecule has 144 valence electrons. The van der Waals surface area contributed by atoms with E-state index in [1.807, 2.05) is 23.6 Å². The van der Waals surface area contributed by atoms with Crippen LogP contribution in [0.15, 0.2) is 23.6 Å². The van der Waals surface area contributed by atoms with E-state index in [0.29, 0.717) is 17.2 Å². The van der Waals surface area contributed by atoms with Gasteiger partial charge in [0.25, 0.3) is 0 Å². The van der Waals surface area contributed by atoms with E-state index < -0.39 is 11.5 Å². The number of hydrogen-bond acceptors (Lipinski definition) is 7. The number of rotatable bonds is 8. The fourth-order valence-electron chi connectivity index (χ4n) is 2.88. The smallest absolute Gasteiger partial charge is 0.305 e. The lowest BCUT2D eigenvalue weighted by molar-refractivity contribution is -0.139. The van der Waals surface area contributed by atoms with Crippen LogP contribution in [0.1, 0.15) is 19.0 Å². The summed E-state index contributed by atoms with van der Waals surface area (Å²) in [6.07, 6.45) is -0.175. The second-order valence-corrected chi connectivity index (χ2v) is 7.36. The van der Waals surface area contributed by atoms with Crippen LogP contribution in [-0.2, 0) is 20.7 Å². The van der Waals surface area contributed by atoms with E-state index in [1.54, 1.807) is 6.92 Å². The van der Waals surface area contributed by atoms with Gasteiger partial charge in [-0.1, -0.05) is 0 Å². The Balaban J connectivity index is 1.66. The molecule has 9 heteroatoms. The van der Waals surface area contributed by atoms with Crippen LogP contribution in [0.3, 0.4) is 0 Å². The van der Waals surface area contributed by atoms with Gasteiger partial charge in [-0.05, 0) is 25.1 Å². The molecule has 2 N–H and O–H groups in total. The summed E-state index contributed by atoms with van der Waals surface area (Å²) in [7, 11) is 1.46. The number of nitrogens with one attached hydrogen (secondary N) is 1. The van der Waals surface area contributed by atoms with Gasteiger partial charge < -0.3 is 24.6 Å². The van der Waals surface area contributed by atoms with Crippen molar-refractivity contribution in [3.63, 3.8) is 0 Å². The van der Waals surface area contributed by atoms with E-state index in [1.165, 1.54) is 18.4 Å². The monoisotopic (exact) mass is 392 g/mol. The molecule has 2 aromatic rings. The summed E-state index contributed by atoms with van der Waals surface area (Å²) in [6, 6.07) is 5.57. The minimum absolute atomic E-state index is 0.0555. The molecule has 1 amide bonds. The number of carbonyl (C=O) groups excluding carboxylic acids is 1. The molecule has 0 fully saturated rings. The fraction of sp³-hybridized carbons (Fsp3) is 0.389. The number of fused-ring (bicyclic) bond motifs is 1. The summed E-state index contributed by atoms with van der Waals surface area (Å²) in [5.74, 6) is 0.0590. The number of thiazole rings is 1. The highest BCUT2D eigenvalue weighted by Gasteiger charge is 2.29. The van der Waals surface area contributed by atoms with Gasteiger partial charge in [0.1, 0.15) is 5.01 Å². The van der Waals surface area contributed by atoms with Crippen LogP contribution >= 0.6 is 11.3 Å². The van der Waals surface area contributed by atoms with Crippen LogP contribution in [0.2, 0.25) is 0 Å². The van der Waals surface area contributed by atoms with Crippen molar-refractivity contribution in [2.24, 2.45) is 0 Å². The number of aromatic nitrogens is 1. The molecule has 3 rings (SSSR count). The second kappa shape index (κ2) is 7.93. The molecule has 1 aliphatic rings. The van der Waals surface area contributed by atoms with Gasteiger partial charge in [-0.15, -0.1) is 11.3 Å². The topological polar surface area (TPSA) is 107 Å². The van der Waals surface area contributed by atoms with Crippen LogP contribution in [0.25, 0.3) is 10.6 Å². The third-order valence-corrected chi connectivity index (χ3v) is 4.90. The van der Waals surface area contributed by atoms with Gasteiger partial charge >= 0.3 is 5.97 Å². The van der Waals surface area contributed by atoms with Crippen molar-refractivity contribution in [2.45, 2.75) is 25.3 Å². The normalized spacial score (nSPS) is 14.6. The molecule has 0 saturated heterocycles. The molecule has 27 heavy (non-hydrogen) atoms. The van der Waals surface area contributed by atoms with Crippen LogP contribution in [-0.4, -0.2) is 48.0 Å². The average Bonchev–Trinajstić information content (AvgIpc) is 3.21. The molecule has 1 atom stereocenters. The average molecular weight is 392 g/mol. The Bertz CT molecular complexity index is 852. The molecule has 1 aromatic carbocycles. The standard InChI is InChI=1S/C18H20N2O6S/c1-18(9-24-2,7-16(22)23)20-15(21)6-12-8-27-17(19-12)11-3-4-13-14(5-11)26-10-25-13/h3-5,8H,6-7,9-10H2,1-2H3,(H,20,21)(H,22,23). The number of ether oxygens (including phenoxy) is 3. The van der Waals surface area contributed by atoms with Crippen LogP contribution < -0.4 is 14.8 Å². The zero-order chi connectivity index (χ0) is 19.4. The van der Waals surface area contributed by atoms with E-state index >= 15 is 0 Å². The summed E-state index contributed by atoms with van der Waals surface area (Å²) >= 11 is 1.42. The lowest BCUT2D eigenvalue weighted by Gasteiger charge is -2.28. The number of aliphatic carboxylic acids is 1. The van der Waals surface area contributed by atoms with Crippen LogP contribution in [0.5, 0.6) is 11.5 Å². The van der Waals surface area contributed by atoms with E-state index in [0.717, 1.165) is 10.6 Å². The first-order chi connectivity index (χ1) is 12.9. The largest absolute Gasteiger partial charge is 0.481 e. The van der Waals surface area contributed by atoms with Gasteiger partial charge in [0.05, 0.1) is 30.7 Å². The zero-order valence-electron chi connectivity index (χ0n) is 15.0. The Labute approximate surface area is 160 Å². The van der Waals surface area contributed by atoms with Crippen molar-refractivity contribution < 1.29 is 28.9 Å². The van der Waals surface area contributed by atoms with Gasteiger partial charge in [0.15, 0.2) is 11.5 Å². The maximum absolute atomic E-state index is 12.4. The SMILES string of the molecule is COCC(C)(CC(=O)O)NC(=O)Cc1csc(-c2ccc3c(c2)OCO3)n1. The first-order valence-corrected chi connectivity index (χ1v) is 9.13. The molecule has 0 bridgehead atoms. The molecule has 2 heterocycles. The van der Waals surface area contributed by atoms with Crippen molar-refractivity contribution in [2.75, 3.05) is 20.5 Å². The van der Waals surface area contributed by atoms with Gasteiger partial charge in [0.2, 0.25) is 12.7 Å². The predicted octanol–water partition coefficient (Wildman–Crippen LogP) is 2.08. The van der Waals surface area contributed by atoms with E-state index in [-0.39, 0.29) is 32.1 Å². The van der Waals surface area contributed by atoms with Crippen molar-refractivity contribution in [1.82, 2.24) is 10.3 Å². The number of nitrogens with zero attached hydrogens (tertiary/aromatic N) is 1. The number of carbonyl (C=O) groups is 2. The quantitative estimate of drug-likeness (QED) is 0.708. The molecule has 0 aliphatic carbocycles. The number of amides is 1. The highest BCUT2D eigenvalue weighted by atomic mass is 32.1. The maximum Gasteiger partial charge on any atom is 0.305 e. The first-order valence-electron chi connectivity index (χ1n) is 8.25. The molecular weight excluding hydrogens is 372 g/mol. The maximum atomic E-state index is 12.4. The van der Waals surface area contributed by atoms with Crippen LogP contribution in [0, 0.1) is 0 Å². The molecule has 8 nitrogen and oxygen atoms in total. The molecule has 1 aliphatic heterocycles. The van der Waals surface area contributed by atoms with Crippen molar-refractivity contribution in [1.29, 1.82) is 0 Å². The Hall–Kier alpha value is -2.65. The molecular formula is C18H20N2O6S. The van der Waals surface area contributed by atoms with E-state index in [4.69, 9.17) is 19.3 Å². The van der Waals surface area contributed by atoms with E-state index in [2.05, 4.69) is 10.3 Å². The Kier molecular flexibility index (Phi) is 5.62. The summed E-state index contributed by atoms with van der Waals surface area (Å²) in [4.78, 5) is 27.9. The molecule has 1 unspecified atom stereocenters. The van der Waals surface area contributed by atoms with Gasteiger partial charge in [-0.2, -0.15) is 0 Å². The number of hydrogen-bond donors (Lipinski definition) is 2. The minimum atomic E-state index is -1.01. The second-order valence-electron chi connectivity index (χ2n) is 6.50. The predicted molar refractivity (Wildman–Crippen MR) is 98.1 cm³/mol. The lowest BCUT2D eigenvalue weighted by atomic mass is 9.98. The summed E-state index contributed by atoms with van der Waals surface area (Å²) in [6.45, 7) is 1.95. The lowest BCUT2D eigenvalue weighted by Crippen LogP contribution is -2.51. The Morgan fingerprint density at radius 2 is 2.15 bits per heavy atom. The van der Waals surface area contributed by atoms with Crippen molar-refractivity contribution in [3.8, 4) is 22.1 Å². The highest BCUT2D eigenvalue weighted by molar-refractivity contribution is 7.13. The van der Waals surface area contributed by atoms with Crippen molar-refractivity contribution >= 4 is 23.2 Å². The van der Waals surface area contributed by atoms with Crippen LogP contribution in [0.4, 0.5) is 0 Å². The summed E-state index contributed by atoms with van der Waals surface area (Å²) in [5.41, 5.74) is 0.514. The van der Waals surface area contributed by atoms with Crippen molar-refractivity contribution in [3.05, 3.63) is 29.3 Å². The first kappa shape index (κ1) is 19.1. The summed E-state index contributed by atoms with van der Waals surface area (Å²) < 4.78 is 15.7. The number of benzene rings is 1. The van der Waals surface area contributed by atoms with Gasteiger partial charge in [-0.3, -0.25) is 9.59 Å². The minimum Gasteiger partial charge on any atom is -0.481 e. The third kappa shape index (κ3) is 4.75. The molecule has 0 radical (unpaired) electrons. The highest BCUT2D eigenvalue weighted by Crippen LogP contribution is 2.36. The molecule has 0 saturated carbocycles. The fourth-order valence-corrected chi connectivity index (χ4v) is 3.70. The number of carboxylic acid groups (broad SMARTS) is 1.